The minimum absolute atomic E-state index is 0.132. The number of rotatable bonds is 12. The van der Waals surface area contributed by atoms with Gasteiger partial charge in [-0.05, 0) is 124 Å². The van der Waals surface area contributed by atoms with Gasteiger partial charge in [-0.1, -0.05) is 24.3 Å². The van der Waals surface area contributed by atoms with Crippen LogP contribution in [0.25, 0.3) is 11.3 Å². The summed E-state index contributed by atoms with van der Waals surface area (Å²) in [6.07, 6.45) is 5.84. The molecular formula is C41H45N7O5S. The van der Waals surface area contributed by atoms with Crippen LogP contribution in [-0.2, 0) is 16.1 Å². The molecule has 2 atom stereocenters. The summed E-state index contributed by atoms with van der Waals surface area (Å²) in [5.41, 5.74) is 9.46. The van der Waals surface area contributed by atoms with Gasteiger partial charge in [0.1, 0.15) is 34.6 Å². The number of thioether (sulfide) groups is 1. The normalized spacial score (nSPS) is 20.3. The number of ether oxygens (including phenoxy) is 1. The number of likely N-dealkylation sites (tertiary alicyclic amines) is 1. The number of carbonyl (C=O) groups excluding carboxylic acids is 4. The first-order chi connectivity index (χ1) is 26.3. The summed E-state index contributed by atoms with van der Waals surface area (Å²) in [5, 5.41) is 10.8. The van der Waals surface area contributed by atoms with Crippen LogP contribution in [0.2, 0.25) is 0 Å². The van der Waals surface area contributed by atoms with E-state index < -0.39 is 11.9 Å². The molecule has 0 aliphatic carbocycles. The number of aromatic nitrogens is 2. The maximum absolute atomic E-state index is 13.2. The second-order valence-corrected chi connectivity index (χ2v) is 15.7. The van der Waals surface area contributed by atoms with E-state index in [9.17, 15) is 19.2 Å². The van der Waals surface area contributed by atoms with Gasteiger partial charge in [-0.15, -0.1) is 11.8 Å². The third kappa shape index (κ3) is 7.34. The van der Waals surface area contributed by atoms with Gasteiger partial charge in [0.2, 0.25) is 11.8 Å². The van der Waals surface area contributed by atoms with Crippen LogP contribution in [0.15, 0.2) is 77.7 Å². The zero-order valence-electron chi connectivity index (χ0n) is 30.2. The van der Waals surface area contributed by atoms with Crippen molar-refractivity contribution in [3.8, 4) is 22.8 Å². The highest BCUT2D eigenvalue weighted by Gasteiger charge is 2.40. The first kappa shape index (κ1) is 35.9. The van der Waals surface area contributed by atoms with Crippen molar-refractivity contribution in [2.45, 2.75) is 68.5 Å². The fraction of sp³-hybridized carbons (Fsp3) is 0.390. The highest BCUT2D eigenvalue weighted by Crippen LogP contribution is 2.40. The van der Waals surface area contributed by atoms with Crippen molar-refractivity contribution in [1.82, 2.24) is 24.9 Å². The van der Waals surface area contributed by atoms with Crippen molar-refractivity contribution >= 4 is 41.2 Å². The van der Waals surface area contributed by atoms with Gasteiger partial charge in [0.15, 0.2) is 0 Å². The van der Waals surface area contributed by atoms with Crippen molar-refractivity contribution in [3.63, 3.8) is 0 Å². The summed E-state index contributed by atoms with van der Waals surface area (Å²) in [5.74, 6) is 2.29. The van der Waals surface area contributed by atoms with Crippen LogP contribution < -0.4 is 21.1 Å². The monoisotopic (exact) mass is 747 g/mol. The standard InChI is InChI=1S/C41H45N7O5S/c42-38(50)36-37(27-11-13-29(14-12-27)53-28-7-2-1-3-8-28)45-48-32(17-20-43-39(36)48)26-18-22-46(23-19-26)21-4-5-24-54-34-10-6-9-30-31(34)25-47(41(30)52)33-15-16-35(49)44-40(33)51/h1-3,6-14,26,32-33,43H,4-5,15-25H2,(H2,42,50)(H,44,49,51). The second kappa shape index (κ2) is 15.7. The number of primary amides is 1. The number of imide groups is 1. The maximum atomic E-state index is 13.2. The molecule has 0 radical (unpaired) electrons. The van der Waals surface area contributed by atoms with Crippen LogP contribution in [0, 0.1) is 5.92 Å². The number of nitrogens with two attached hydrogens (primary N) is 1. The van der Waals surface area contributed by atoms with E-state index in [1.165, 1.54) is 0 Å². The molecule has 4 aliphatic rings. The van der Waals surface area contributed by atoms with Crippen molar-refractivity contribution in [3.05, 3.63) is 89.5 Å². The Morgan fingerprint density at radius 3 is 2.44 bits per heavy atom. The number of amides is 4. The van der Waals surface area contributed by atoms with Crippen molar-refractivity contribution in [2.75, 3.05) is 37.2 Å². The molecule has 0 bridgehead atoms. The Balaban J connectivity index is 0.832. The molecule has 4 aliphatic heterocycles. The minimum atomic E-state index is -0.601. The second-order valence-electron chi connectivity index (χ2n) is 14.5. The number of carbonyl (C=O) groups is 4. The lowest BCUT2D eigenvalue weighted by Crippen LogP contribution is -2.52. The summed E-state index contributed by atoms with van der Waals surface area (Å²) >= 11 is 1.77. The summed E-state index contributed by atoms with van der Waals surface area (Å²) < 4.78 is 8.00. The van der Waals surface area contributed by atoms with E-state index in [2.05, 4.69) is 21.6 Å². The van der Waals surface area contributed by atoms with E-state index in [0.717, 1.165) is 91.6 Å². The number of piperidine rings is 2. The summed E-state index contributed by atoms with van der Waals surface area (Å²) in [4.78, 5) is 55.4. The molecule has 4 N–H and O–H groups in total. The lowest BCUT2D eigenvalue weighted by molar-refractivity contribution is -0.136. The number of unbranched alkanes of at least 4 members (excludes halogenated alkanes) is 1. The van der Waals surface area contributed by atoms with Gasteiger partial charge in [-0.2, -0.15) is 5.10 Å². The molecule has 5 heterocycles. The van der Waals surface area contributed by atoms with E-state index in [4.69, 9.17) is 15.6 Å². The fourth-order valence-electron chi connectivity index (χ4n) is 8.35. The molecule has 13 heteroatoms. The first-order valence-corrected chi connectivity index (χ1v) is 19.9. The maximum Gasteiger partial charge on any atom is 0.255 e. The molecule has 54 heavy (non-hydrogen) atoms. The number of hydrogen-bond donors (Lipinski definition) is 3. The third-order valence-electron chi connectivity index (χ3n) is 11.2. The minimum Gasteiger partial charge on any atom is -0.457 e. The Hall–Kier alpha value is -5.14. The van der Waals surface area contributed by atoms with Crippen LogP contribution in [0.4, 0.5) is 5.82 Å². The molecule has 3 aromatic carbocycles. The van der Waals surface area contributed by atoms with E-state index >= 15 is 0 Å². The molecule has 0 saturated carbocycles. The van der Waals surface area contributed by atoms with Gasteiger partial charge >= 0.3 is 0 Å². The van der Waals surface area contributed by atoms with Gasteiger partial charge in [0.05, 0.1) is 6.04 Å². The Bertz CT molecular complexity index is 2040. The van der Waals surface area contributed by atoms with Crippen LogP contribution in [0.1, 0.15) is 77.3 Å². The van der Waals surface area contributed by atoms with Gasteiger partial charge in [-0.25, -0.2) is 4.68 Å². The number of nitrogens with one attached hydrogen (secondary N) is 2. The van der Waals surface area contributed by atoms with Crippen molar-refractivity contribution in [2.24, 2.45) is 11.7 Å². The Morgan fingerprint density at radius 2 is 1.69 bits per heavy atom. The fourth-order valence-corrected chi connectivity index (χ4v) is 9.45. The highest BCUT2D eigenvalue weighted by atomic mass is 32.2. The molecule has 1 aromatic heterocycles. The van der Waals surface area contributed by atoms with Gasteiger partial charge in [0.25, 0.3) is 11.8 Å². The molecule has 2 unspecified atom stereocenters. The van der Waals surface area contributed by atoms with E-state index in [-0.39, 0.29) is 30.2 Å². The highest BCUT2D eigenvalue weighted by molar-refractivity contribution is 7.99. The van der Waals surface area contributed by atoms with E-state index in [0.29, 0.717) is 41.5 Å². The molecule has 2 saturated heterocycles. The van der Waals surface area contributed by atoms with Crippen LogP contribution in [0.5, 0.6) is 11.5 Å². The van der Waals surface area contributed by atoms with Crippen molar-refractivity contribution in [1.29, 1.82) is 0 Å². The summed E-state index contributed by atoms with van der Waals surface area (Å²) in [7, 11) is 0. The lowest BCUT2D eigenvalue weighted by Gasteiger charge is -2.38. The summed E-state index contributed by atoms with van der Waals surface area (Å²) in [6, 6.07) is 22.7. The Labute approximate surface area is 318 Å². The molecule has 8 rings (SSSR count). The van der Waals surface area contributed by atoms with Gasteiger partial charge in [-0.3, -0.25) is 24.5 Å². The average Bonchev–Trinajstić information content (AvgIpc) is 3.74. The first-order valence-electron chi connectivity index (χ1n) is 19.0. The van der Waals surface area contributed by atoms with Crippen molar-refractivity contribution < 1.29 is 23.9 Å². The quantitative estimate of drug-likeness (QED) is 0.0922. The summed E-state index contributed by atoms with van der Waals surface area (Å²) in [6.45, 7) is 4.27. The molecule has 4 aromatic rings. The SMILES string of the molecule is NC(=O)c1c(-c2ccc(Oc3ccccc3)cc2)nn2c1NCCC2C1CCN(CCCCSc2cccc3c2CN(C2CCC(=O)NC2=O)C3=O)CC1. The molecule has 2 fully saturated rings. The van der Waals surface area contributed by atoms with Gasteiger partial charge in [0, 0.05) is 35.5 Å². The number of nitrogens with zero attached hydrogens (tertiary/aromatic N) is 4. The van der Waals surface area contributed by atoms with Crippen LogP contribution >= 0.6 is 11.8 Å². The number of anilines is 1. The van der Waals surface area contributed by atoms with Crippen LogP contribution in [-0.4, -0.2) is 81.2 Å². The predicted octanol–water partition coefficient (Wildman–Crippen LogP) is 5.84. The molecule has 4 amide bonds. The Morgan fingerprint density at radius 1 is 0.907 bits per heavy atom. The van der Waals surface area contributed by atoms with E-state index in [1.54, 1.807) is 16.7 Å². The number of hydrogen-bond acceptors (Lipinski definition) is 9. The Kier molecular flexibility index (Phi) is 10.4. The molecular weight excluding hydrogens is 703 g/mol. The topological polar surface area (TPSA) is 152 Å². The lowest BCUT2D eigenvalue weighted by atomic mass is 9.87. The largest absolute Gasteiger partial charge is 0.457 e. The molecule has 12 nitrogen and oxygen atoms in total. The average molecular weight is 748 g/mol. The zero-order valence-corrected chi connectivity index (χ0v) is 31.0. The van der Waals surface area contributed by atoms with Gasteiger partial charge < -0.3 is 25.6 Å². The zero-order chi connectivity index (χ0) is 37.2. The number of para-hydroxylation sites is 1. The van der Waals surface area contributed by atoms with Crippen LogP contribution in [0.3, 0.4) is 0 Å². The van der Waals surface area contributed by atoms with E-state index in [1.807, 2.05) is 71.4 Å². The predicted molar refractivity (Wildman–Crippen MR) is 206 cm³/mol. The molecule has 280 valence electrons. The molecule has 0 spiro atoms. The third-order valence-corrected chi connectivity index (χ3v) is 12.3. The number of fused-ring (bicyclic) bond motifs is 2. The number of benzene rings is 3. The smallest absolute Gasteiger partial charge is 0.255 e.